The summed E-state index contributed by atoms with van der Waals surface area (Å²) in [6, 6.07) is 13.8. The molecule has 1 heterocycles. The number of benzene rings is 2. The maximum atomic E-state index is 13.7. The van der Waals surface area contributed by atoms with Crippen LogP contribution >= 0.6 is 0 Å². The number of carbonyl (C=O) groups excluding carboxylic acids is 1. The number of para-hydroxylation sites is 1. The Kier molecular flexibility index (Phi) is 5.08. The van der Waals surface area contributed by atoms with Crippen LogP contribution in [0.2, 0.25) is 0 Å². The lowest BCUT2D eigenvalue weighted by Crippen LogP contribution is -2.47. The summed E-state index contributed by atoms with van der Waals surface area (Å²) in [6.07, 6.45) is -0.707. The Labute approximate surface area is 139 Å². The van der Waals surface area contributed by atoms with E-state index in [0.29, 0.717) is 13.2 Å². The molecule has 0 radical (unpaired) electrons. The van der Waals surface area contributed by atoms with Gasteiger partial charge in [-0.15, -0.1) is 0 Å². The second kappa shape index (κ2) is 7.42. The van der Waals surface area contributed by atoms with Gasteiger partial charge in [0.25, 0.3) is 5.91 Å². The van der Waals surface area contributed by atoms with Crippen molar-refractivity contribution >= 4 is 11.6 Å². The minimum absolute atomic E-state index is 0.216. The number of phenols is 1. The number of nitrogens with one attached hydrogen (secondary N) is 1. The topological polar surface area (TPSA) is 61.8 Å². The summed E-state index contributed by atoms with van der Waals surface area (Å²) in [5, 5.41) is 12.1. The number of carbonyl (C=O) groups is 1. The number of morpholine rings is 1. The Morgan fingerprint density at radius 2 is 2.04 bits per heavy atom. The maximum absolute atomic E-state index is 13.7. The Bertz CT molecular complexity index is 688. The fourth-order valence-electron chi connectivity index (χ4n) is 2.69. The first-order valence-electron chi connectivity index (χ1n) is 7.79. The first-order chi connectivity index (χ1) is 11.6. The van der Waals surface area contributed by atoms with Gasteiger partial charge in [-0.1, -0.05) is 36.4 Å². The molecule has 5 nitrogen and oxygen atoms in total. The van der Waals surface area contributed by atoms with Crippen LogP contribution in [-0.4, -0.2) is 41.7 Å². The molecule has 0 aromatic heterocycles. The molecule has 0 bridgehead atoms. The largest absolute Gasteiger partial charge is 0.506 e. The van der Waals surface area contributed by atoms with E-state index in [9.17, 15) is 14.3 Å². The Morgan fingerprint density at radius 1 is 1.25 bits per heavy atom. The van der Waals surface area contributed by atoms with Crippen molar-refractivity contribution in [2.45, 2.75) is 12.6 Å². The van der Waals surface area contributed by atoms with Crippen LogP contribution in [-0.2, 0) is 16.1 Å². The SMILES string of the molecule is O=C(Nc1c(O)cccc1F)[C@H]1CN(Cc2ccccc2)CCO1. The van der Waals surface area contributed by atoms with Crippen molar-refractivity contribution in [2.24, 2.45) is 0 Å². The van der Waals surface area contributed by atoms with E-state index >= 15 is 0 Å². The predicted octanol–water partition coefficient (Wildman–Crippen LogP) is 2.37. The lowest BCUT2D eigenvalue weighted by atomic mass is 10.2. The summed E-state index contributed by atoms with van der Waals surface area (Å²) >= 11 is 0. The Morgan fingerprint density at radius 3 is 2.79 bits per heavy atom. The van der Waals surface area contributed by atoms with E-state index in [4.69, 9.17) is 4.74 Å². The monoisotopic (exact) mass is 330 g/mol. The van der Waals surface area contributed by atoms with Crippen molar-refractivity contribution < 1.29 is 19.0 Å². The van der Waals surface area contributed by atoms with E-state index in [-0.39, 0.29) is 11.4 Å². The molecule has 3 rings (SSSR count). The molecule has 1 aliphatic rings. The van der Waals surface area contributed by atoms with Gasteiger partial charge in [-0.25, -0.2) is 4.39 Å². The van der Waals surface area contributed by atoms with Crippen molar-refractivity contribution in [2.75, 3.05) is 25.0 Å². The highest BCUT2D eigenvalue weighted by atomic mass is 19.1. The number of halogens is 1. The summed E-state index contributed by atoms with van der Waals surface area (Å²) in [7, 11) is 0. The average molecular weight is 330 g/mol. The number of hydrogen-bond acceptors (Lipinski definition) is 4. The highest BCUT2D eigenvalue weighted by Gasteiger charge is 2.27. The van der Waals surface area contributed by atoms with Crippen molar-refractivity contribution in [3.8, 4) is 5.75 Å². The molecule has 0 aliphatic carbocycles. The van der Waals surface area contributed by atoms with Crippen LogP contribution in [0.3, 0.4) is 0 Å². The molecule has 0 spiro atoms. The first-order valence-corrected chi connectivity index (χ1v) is 7.79. The molecular formula is C18H19FN2O3. The van der Waals surface area contributed by atoms with Gasteiger partial charge < -0.3 is 15.2 Å². The molecule has 1 aliphatic heterocycles. The van der Waals surface area contributed by atoms with Crippen LogP contribution in [0.1, 0.15) is 5.56 Å². The van der Waals surface area contributed by atoms with Crippen LogP contribution in [0.25, 0.3) is 0 Å². The normalized spacial score (nSPS) is 18.3. The lowest BCUT2D eigenvalue weighted by molar-refractivity contribution is -0.133. The number of phenolic OH excluding ortho intramolecular Hbond substituents is 1. The number of anilines is 1. The summed E-state index contributed by atoms with van der Waals surface area (Å²) in [5.74, 6) is -1.45. The molecule has 126 valence electrons. The molecule has 2 aromatic carbocycles. The van der Waals surface area contributed by atoms with E-state index in [1.54, 1.807) is 0 Å². The van der Waals surface area contributed by atoms with Crippen LogP contribution in [0.15, 0.2) is 48.5 Å². The maximum Gasteiger partial charge on any atom is 0.255 e. The van der Waals surface area contributed by atoms with Crippen molar-refractivity contribution in [3.63, 3.8) is 0 Å². The zero-order valence-corrected chi connectivity index (χ0v) is 13.1. The molecule has 2 aromatic rings. The van der Waals surface area contributed by atoms with Gasteiger partial charge in [0.2, 0.25) is 0 Å². The molecule has 6 heteroatoms. The minimum Gasteiger partial charge on any atom is -0.506 e. The molecule has 24 heavy (non-hydrogen) atoms. The first kappa shape index (κ1) is 16.4. The number of rotatable bonds is 4. The van der Waals surface area contributed by atoms with Gasteiger partial charge in [0, 0.05) is 19.6 Å². The van der Waals surface area contributed by atoms with Gasteiger partial charge in [-0.05, 0) is 17.7 Å². The highest BCUT2D eigenvalue weighted by molar-refractivity contribution is 5.95. The van der Waals surface area contributed by atoms with Gasteiger partial charge in [0.05, 0.1) is 6.61 Å². The van der Waals surface area contributed by atoms with Crippen molar-refractivity contribution in [1.29, 1.82) is 0 Å². The van der Waals surface area contributed by atoms with E-state index < -0.39 is 17.8 Å². The smallest absolute Gasteiger partial charge is 0.255 e. The van der Waals surface area contributed by atoms with Crippen molar-refractivity contribution in [3.05, 3.63) is 59.9 Å². The highest BCUT2D eigenvalue weighted by Crippen LogP contribution is 2.26. The van der Waals surface area contributed by atoms with E-state index in [1.807, 2.05) is 30.3 Å². The molecule has 1 fully saturated rings. The third-order valence-corrected chi connectivity index (χ3v) is 3.93. The Hall–Kier alpha value is -2.44. The second-order valence-corrected chi connectivity index (χ2v) is 5.70. The summed E-state index contributed by atoms with van der Waals surface area (Å²) in [5.41, 5.74) is 0.941. The number of amides is 1. The summed E-state index contributed by atoms with van der Waals surface area (Å²) < 4.78 is 19.2. The van der Waals surface area contributed by atoms with E-state index in [0.717, 1.165) is 18.7 Å². The molecule has 0 unspecified atom stereocenters. The second-order valence-electron chi connectivity index (χ2n) is 5.70. The third-order valence-electron chi connectivity index (χ3n) is 3.93. The lowest BCUT2D eigenvalue weighted by Gasteiger charge is -2.32. The molecule has 1 amide bonds. The van der Waals surface area contributed by atoms with Gasteiger partial charge >= 0.3 is 0 Å². The van der Waals surface area contributed by atoms with Crippen molar-refractivity contribution in [1.82, 2.24) is 4.90 Å². The molecule has 0 saturated carbocycles. The third kappa shape index (κ3) is 3.90. The van der Waals surface area contributed by atoms with Crippen LogP contribution < -0.4 is 5.32 Å². The molecule has 1 saturated heterocycles. The zero-order chi connectivity index (χ0) is 16.9. The zero-order valence-electron chi connectivity index (χ0n) is 13.1. The van der Waals surface area contributed by atoms with Gasteiger partial charge in [0.15, 0.2) is 5.82 Å². The van der Waals surface area contributed by atoms with Gasteiger partial charge in [-0.3, -0.25) is 9.69 Å². The van der Waals surface area contributed by atoms with Crippen LogP contribution in [0.5, 0.6) is 5.75 Å². The van der Waals surface area contributed by atoms with E-state index in [1.165, 1.54) is 18.2 Å². The standard InChI is InChI=1S/C18H19FN2O3/c19-14-7-4-8-15(22)17(14)20-18(23)16-12-21(9-10-24-16)11-13-5-2-1-3-6-13/h1-8,16,22H,9-12H2,(H,20,23)/t16-/m1/s1. The predicted molar refractivity (Wildman–Crippen MR) is 88.2 cm³/mol. The summed E-state index contributed by atoms with van der Waals surface area (Å²) in [4.78, 5) is 14.4. The van der Waals surface area contributed by atoms with Crippen LogP contribution in [0, 0.1) is 5.82 Å². The van der Waals surface area contributed by atoms with Gasteiger partial charge in [0.1, 0.15) is 17.5 Å². The molecule has 2 N–H and O–H groups in total. The van der Waals surface area contributed by atoms with Crippen LogP contribution in [0.4, 0.5) is 10.1 Å². The fourth-order valence-corrected chi connectivity index (χ4v) is 2.69. The Balaban J connectivity index is 1.63. The number of ether oxygens (including phenoxy) is 1. The van der Waals surface area contributed by atoms with E-state index in [2.05, 4.69) is 10.2 Å². The number of nitrogens with zero attached hydrogens (tertiary/aromatic N) is 1. The molecule has 1 atom stereocenters. The number of aromatic hydroxyl groups is 1. The average Bonchev–Trinajstić information content (AvgIpc) is 2.59. The minimum atomic E-state index is -0.707. The molecular weight excluding hydrogens is 311 g/mol. The summed E-state index contributed by atoms with van der Waals surface area (Å²) in [6.45, 7) is 2.28. The fraction of sp³-hybridized carbons (Fsp3) is 0.278. The number of hydrogen-bond donors (Lipinski definition) is 2. The van der Waals surface area contributed by atoms with Gasteiger partial charge in [-0.2, -0.15) is 0 Å². The quantitative estimate of drug-likeness (QED) is 0.845.